The van der Waals surface area contributed by atoms with Crippen LogP contribution in [0.5, 0.6) is 0 Å². The summed E-state index contributed by atoms with van der Waals surface area (Å²) in [5.74, 6) is -0.116. The molecular weight excluding hydrogens is 256 g/mol. The van der Waals surface area contributed by atoms with Gasteiger partial charge < -0.3 is 16.4 Å². The summed E-state index contributed by atoms with van der Waals surface area (Å²) >= 11 is 0. The van der Waals surface area contributed by atoms with E-state index >= 15 is 0 Å². The Bertz CT molecular complexity index is 516. The van der Waals surface area contributed by atoms with Gasteiger partial charge in [0, 0.05) is 31.7 Å². The summed E-state index contributed by atoms with van der Waals surface area (Å²) < 4.78 is 0. The maximum atomic E-state index is 12.0. The number of hydrogen-bond donors (Lipinski definition) is 3. The molecule has 2 rings (SSSR count). The second kappa shape index (κ2) is 6.38. The Morgan fingerprint density at radius 2 is 2.20 bits per heavy atom. The van der Waals surface area contributed by atoms with Crippen molar-refractivity contribution in [3.8, 4) is 0 Å². The monoisotopic (exact) mass is 276 g/mol. The molecule has 0 saturated carbocycles. The van der Waals surface area contributed by atoms with Crippen LogP contribution < -0.4 is 21.3 Å². The molecule has 0 saturated heterocycles. The third-order valence-corrected chi connectivity index (χ3v) is 3.21. The lowest BCUT2D eigenvalue weighted by molar-refractivity contribution is -0.116. The van der Waals surface area contributed by atoms with Gasteiger partial charge in [0.05, 0.1) is 5.69 Å². The van der Waals surface area contributed by atoms with Crippen molar-refractivity contribution in [2.24, 2.45) is 5.73 Å². The molecule has 0 radical (unpaired) electrons. The van der Waals surface area contributed by atoms with Gasteiger partial charge in [-0.3, -0.25) is 9.69 Å². The molecule has 0 fully saturated rings. The third kappa shape index (κ3) is 3.08. The lowest BCUT2D eigenvalue weighted by Gasteiger charge is -2.18. The molecule has 4 N–H and O–H groups in total. The van der Waals surface area contributed by atoms with Crippen LogP contribution >= 0.6 is 0 Å². The van der Waals surface area contributed by atoms with E-state index in [0.717, 1.165) is 17.7 Å². The predicted molar refractivity (Wildman–Crippen MR) is 78.9 cm³/mol. The fourth-order valence-corrected chi connectivity index (χ4v) is 2.27. The van der Waals surface area contributed by atoms with Crippen molar-refractivity contribution in [2.75, 3.05) is 29.9 Å². The zero-order valence-corrected chi connectivity index (χ0v) is 11.6. The number of urea groups is 1. The van der Waals surface area contributed by atoms with Crippen LogP contribution in [0, 0.1) is 0 Å². The Morgan fingerprint density at radius 1 is 1.40 bits per heavy atom. The summed E-state index contributed by atoms with van der Waals surface area (Å²) in [5.41, 5.74) is 8.02. The lowest BCUT2D eigenvalue weighted by atomic mass is 10.1. The second-order valence-electron chi connectivity index (χ2n) is 4.67. The molecular formula is C14H20N4O2. The average molecular weight is 276 g/mol. The number of anilines is 2. The van der Waals surface area contributed by atoms with Gasteiger partial charge in [0.25, 0.3) is 0 Å². The van der Waals surface area contributed by atoms with Crippen molar-refractivity contribution >= 4 is 23.3 Å². The largest absolute Gasteiger partial charge is 0.338 e. The highest BCUT2D eigenvalue weighted by Crippen LogP contribution is 2.30. The smallest absolute Gasteiger partial charge is 0.321 e. The number of benzene rings is 1. The summed E-state index contributed by atoms with van der Waals surface area (Å²) in [4.78, 5) is 25.2. The molecule has 0 spiro atoms. The van der Waals surface area contributed by atoms with Gasteiger partial charge in [-0.1, -0.05) is 6.07 Å². The van der Waals surface area contributed by atoms with Crippen molar-refractivity contribution in [3.05, 3.63) is 23.8 Å². The van der Waals surface area contributed by atoms with Gasteiger partial charge >= 0.3 is 6.03 Å². The van der Waals surface area contributed by atoms with E-state index in [4.69, 9.17) is 5.73 Å². The van der Waals surface area contributed by atoms with Crippen molar-refractivity contribution in [3.63, 3.8) is 0 Å². The van der Waals surface area contributed by atoms with E-state index in [-0.39, 0.29) is 18.4 Å². The molecule has 0 aromatic heterocycles. The van der Waals surface area contributed by atoms with Gasteiger partial charge in [0.2, 0.25) is 5.91 Å². The Kier molecular flexibility index (Phi) is 4.57. The van der Waals surface area contributed by atoms with Gasteiger partial charge in [0.1, 0.15) is 0 Å². The minimum Gasteiger partial charge on any atom is -0.338 e. The maximum Gasteiger partial charge on any atom is 0.321 e. The quantitative estimate of drug-likeness (QED) is 0.768. The summed E-state index contributed by atoms with van der Waals surface area (Å²) in [7, 11) is 0. The second-order valence-corrected chi connectivity index (χ2v) is 4.67. The molecule has 6 nitrogen and oxygen atoms in total. The van der Waals surface area contributed by atoms with Crippen molar-refractivity contribution in [2.45, 2.75) is 19.8 Å². The van der Waals surface area contributed by atoms with E-state index in [1.807, 2.05) is 25.1 Å². The molecule has 20 heavy (non-hydrogen) atoms. The Labute approximate surface area is 118 Å². The van der Waals surface area contributed by atoms with Crippen LogP contribution in [0.15, 0.2) is 18.2 Å². The standard InChI is InChI=1S/C14H20N4O2/c1-2-16-14(20)18-8-6-10-3-4-11(9-12(10)18)17-13(19)5-7-15/h3-4,9H,2,5-8,15H2,1H3,(H,16,20)(H,17,19). The molecule has 1 aliphatic heterocycles. The topological polar surface area (TPSA) is 87.5 Å². The Hall–Kier alpha value is -2.08. The predicted octanol–water partition coefficient (Wildman–Crippen LogP) is 1.07. The van der Waals surface area contributed by atoms with Crippen LogP contribution in [-0.4, -0.2) is 31.6 Å². The van der Waals surface area contributed by atoms with Crippen LogP contribution in [0.25, 0.3) is 0 Å². The number of carbonyl (C=O) groups excluding carboxylic acids is 2. The van der Waals surface area contributed by atoms with Crippen LogP contribution in [-0.2, 0) is 11.2 Å². The molecule has 6 heteroatoms. The zero-order valence-electron chi connectivity index (χ0n) is 11.6. The normalized spacial score (nSPS) is 13.0. The average Bonchev–Trinajstić information content (AvgIpc) is 2.82. The number of nitrogens with zero attached hydrogens (tertiary/aromatic N) is 1. The van der Waals surface area contributed by atoms with E-state index in [9.17, 15) is 9.59 Å². The van der Waals surface area contributed by atoms with Crippen LogP contribution in [0.4, 0.5) is 16.2 Å². The number of amides is 3. The molecule has 0 bridgehead atoms. The molecule has 3 amide bonds. The van der Waals surface area contributed by atoms with E-state index < -0.39 is 0 Å². The Morgan fingerprint density at radius 3 is 2.90 bits per heavy atom. The summed E-state index contributed by atoms with van der Waals surface area (Å²) in [6.45, 7) is 3.47. The van der Waals surface area contributed by atoms with Gasteiger partial charge in [-0.15, -0.1) is 0 Å². The van der Waals surface area contributed by atoms with Crippen molar-refractivity contribution < 1.29 is 9.59 Å². The molecule has 0 unspecified atom stereocenters. The first-order valence-electron chi connectivity index (χ1n) is 6.84. The van der Waals surface area contributed by atoms with Gasteiger partial charge in [0.15, 0.2) is 0 Å². The minimum atomic E-state index is -0.116. The summed E-state index contributed by atoms with van der Waals surface area (Å²) in [5, 5.41) is 5.58. The molecule has 0 aliphatic carbocycles. The minimum absolute atomic E-state index is 0.100. The lowest BCUT2D eigenvalue weighted by Crippen LogP contribution is -2.38. The SMILES string of the molecule is CCNC(=O)N1CCc2ccc(NC(=O)CCN)cc21. The van der Waals surface area contributed by atoms with Gasteiger partial charge in [-0.05, 0) is 31.0 Å². The summed E-state index contributed by atoms with van der Waals surface area (Å²) in [6, 6.07) is 5.55. The third-order valence-electron chi connectivity index (χ3n) is 3.21. The van der Waals surface area contributed by atoms with E-state index in [1.54, 1.807) is 4.90 Å². The first kappa shape index (κ1) is 14.3. The molecule has 0 atom stereocenters. The van der Waals surface area contributed by atoms with E-state index in [1.165, 1.54) is 0 Å². The molecule has 1 aromatic carbocycles. The highest BCUT2D eigenvalue weighted by molar-refractivity contribution is 5.96. The van der Waals surface area contributed by atoms with Gasteiger partial charge in [-0.2, -0.15) is 0 Å². The first-order chi connectivity index (χ1) is 9.65. The maximum absolute atomic E-state index is 12.0. The molecule has 108 valence electrons. The van der Waals surface area contributed by atoms with E-state index in [0.29, 0.717) is 25.3 Å². The number of fused-ring (bicyclic) bond motifs is 1. The highest BCUT2D eigenvalue weighted by atomic mass is 16.2. The Balaban J connectivity index is 2.15. The number of hydrogen-bond acceptors (Lipinski definition) is 3. The number of nitrogens with one attached hydrogen (secondary N) is 2. The fourth-order valence-electron chi connectivity index (χ4n) is 2.27. The number of rotatable bonds is 4. The number of nitrogens with two attached hydrogens (primary N) is 1. The molecule has 1 aliphatic rings. The number of carbonyl (C=O) groups is 2. The first-order valence-corrected chi connectivity index (χ1v) is 6.84. The van der Waals surface area contributed by atoms with E-state index in [2.05, 4.69) is 10.6 Å². The fraction of sp³-hybridized carbons (Fsp3) is 0.429. The van der Waals surface area contributed by atoms with Gasteiger partial charge in [-0.25, -0.2) is 4.79 Å². The highest BCUT2D eigenvalue weighted by Gasteiger charge is 2.24. The van der Waals surface area contributed by atoms with Crippen LogP contribution in [0.1, 0.15) is 18.9 Å². The molecule has 1 aromatic rings. The van der Waals surface area contributed by atoms with Crippen molar-refractivity contribution in [1.29, 1.82) is 0 Å². The summed E-state index contributed by atoms with van der Waals surface area (Å²) in [6.07, 6.45) is 1.13. The van der Waals surface area contributed by atoms with Crippen LogP contribution in [0.3, 0.4) is 0 Å². The molecule has 1 heterocycles. The van der Waals surface area contributed by atoms with Crippen molar-refractivity contribution in [1.82, 2.24) is 5.32 Å². The van der Waals surface area contributed by atoms with Crippen LogP contribution in [0.2, 0.25) is 0 Å². The zero-order chi connectivity index (χ0) is 14.5.